The standard InChI is InChI=1S/C22H23N3O4S2/c1-2-25(13-15-5-3-7-18-21(15)29-9-8-28-18)20(27)11-16-14-31-22(23-16)24-19(26)12-17-6-4-10-30-17/h3-7,10,14H,2,8-9,11-13H2,1H3,(H,23,24,26). The van der Waals surface area contributed by atoms with Gasteiger partial charge in [-0.15, -0.1) is 22.7 Å². The Morgan fingerprint density at radius 3 is 2.81 bits per heavy atom. The minimum Gasteiger partial charge on any atom is -0.486 e. The van der Waals surface area contributed by atoms with Crippen LogP contribution in [-0.2, 0) is 29.0 Å². The molecule has 4 rings (SSSR count). The number of hydrogen-bond acceptors (Lipinski definition) is 7. The van der Waals surface area contributed by atoms with Gasteiger partial charge in [0.15, 0.2) is 16.6 Å². The van der Waals surface area contributed by atoms with Crippen LogP contribution < -0.4 is 14.8 Å². The Balaban J connectivity index is 1.35. The Hall–Kier alpha value is -2.91. The molecule has 0 spiro atoms. The monoisotopic (exact) mass is 457 g/mol. The molecule has 1 aliphatic rings. The van der Waals surface area contributed by atoms with Crippen molar-refractivity contribution in [3.63, 3.8) is 0 Å². The van der Waals surface area contributed by atoms with Gasteiger partial charge in [0, 0.05) is 28.9 Å². The van der Waals surface area contributed by atoms with Crippen molar-refractivity contribution in [2.75, 3.05) is 25.1 Å². The third kappa shape index (κ3) is 5.42. The van der Waals surface area contributed by atoms with E-state index in [9.17, 15) is 9.59 Å². The van der Waals surface area contributed by atoms with Crippen LogP contribution in [0.25, 0.3) is 0 Å². The van der Waals surface area contributed by atoms with E-state index in [4.69, 9.17) is 9.47 Å². The Morgan fingerprint density at radius 1 is 1.13 bits per heavy atom. The van der Waals surface area contributed by atoms with E-state index < -0.39 is 0 Å². The van der Waals surface area contributed by atoms with Gasteiger partial charge in [0.25, 0.3) is 0 Å². The summed E-state index contributed by atoms with van der Waals surface area (Å²) in [5.74, 6) is 1.29. The summed E-state index contributed by atoms with van der Waals surface area (Å²) >= 11 is 2.87. The van der Waals surface area contributed by atoms with Gasteiger partial charge in [-0.1, -0.05) is 18.2 Å². The van der Waals surface area contributed by atoms with Crippen molar-refractivity contribution in [2.45, 2.75) is 26.3 Å². The lowest BCUT2D eigenvalue weighted by Gasteiger charge is -2.25. The second kappa shape index (κ2) is 9.93. The van der Waals surface area contributed by atoms with Crippen molar-refractivity contribution in [1.82, 2.24) is 9.88 Å². The number of benzene rings is 1. The summed E-state index contributed by atoms with van der Waals surface area (Å²) in [6.07, 6.45) is 0.500. The predicted octanol–water partition coefficient (Wildman–Crippen LogP) is 3.75. The summed E-state index contributed by atoms with van der Waals surface area (Å²) < 4.78 is 11.4. The first-order valence-electron chi connectivity index (χ1n) is 10.0. The second-order valence-electron chi connectivity index (χ2n) is 6.97. The largest absolute Gasteiger partial charge is 0.486 e. The van der Waals surface area contributed by atoms with E-state index in [2.05, 4.69) is 10.3 Å². The highest BCUT2D eigenvalue weighted by Crippen LogP contribution is 2.34. The van der Waals surface area contributed by atoms with Crippen LogP contribution in [0, 0.1) is 0 Å². The molecule has 0 atom stereocenters. The molecule has 1 N–H and O–H groups in total. The molecular weight excluding hydrogens is 434 g/mol. The number of carbonyl (C=O) groups is 2. The van der Waals surface area contributed by atoms with E-state index in [1.165, 1.54) is 11.3 Å². The summed E-state index contributed by atoms with van der Waals surface area (Å²) in [5.41, 5.74) is 1.57. The van der Waals surface area contributed by atoms with Gasteiger partial charge in [-0.3, -0.25) is 9.59 Å². The number of nitrogens with zero attached hydrogens (tertiary/aromatic N) is 2. The molecule has 0 saturated heterocycles. The number of ether oxygens (including phenoxy) is 2. The highest BCUT2D eigenvalue weighted by molar-refractivity contribution is 7.14. The zero-order valence-electron chi connectivity index (χ0n) is 17.1. The summed E-state index contributed by atoms with van der Waals surface area (Å²) in [4.78, 5) is 32.2. The molecule has 3 aromatic rings. The summed E-state index contributed by atoms with van der Waals surface area (Å²) in [5, 5.41) is 7.08. The zero-order chi connectivity index (χ0) is 21.6. The Bertz CT molecular complexity index is 1050. The molecular formula is C22H23N3O4S2. The molecule has 0 radical (unpaired) electrons. The number of fused-ring (bicyclic) bond motifs is 1. The van der Waals surface area contributed by atoms with Crippen molar-refractivity contribution < 1.29 is 19.1 Å². The van der Waals surface area contributed by atoms with Crippen molar-refractivity contribution in [3.8, 4) is 11.5 Å². The molecule has 162 valence electrons. The zero-order valence-corrected chi connectivity index (χ0v) is 18.8. The quantitative estimate of drug-likeness (QED) is 0.557. The fraction of sp³-hybridized carbons (Fsp3) is 0.318. The van der Waals surface area contributed by atoms with E-state index >= 15 is 0 Å². The lowest BCUT2D eigenvalue weighted by atomic mass is 10.1. The number of amides is 2. The number of thiazole rings is 1. The fourth-order valence-electron chi connectivity index (χ4n) is 3.29. The maximum Gasteiger partial charge on any atom is 0.231 e. The van der Waals surface area contributed by atoms with Crippen molar-refractivity contribution in [2.24, 2.45) is 0 Å². The lowest BCUT2D eigenvalue weighted by molar-refractivity contribution is -0.131. The number of likely N-dealkylation sites (N-methyl/N-ethyl adjacent to an activating group) is 1. The summed E-state index contributed by atoms with van der Waals surface area (Å²) in [7, 11) is 0. The molecule has 0 unspecified atom stereocenters. The highest BCUT2D eigenvalue weighted by atomic mass is 32.1. The molecule has 1 aromatic carbocycles. The van der Waals surface area contributed by atoms with Crippen LogP contribution >= 0.6 is 22.7 Å². The van der Waals surface area contributed by atoms with E-state index in [1.54, 1.807) is 16.2 Å². The number of rotatable bonds is 8. The van der Waals surface area contributed by atoms with Crippen LogP contribution in [0.15, 0.2) is 41.1 Å². The van der Waals surface area contributed by atoms with Gasteiger partial charge in [0.2, 0.25) is 11.8 Å². The Kier molecular flexibility index (Phi) is 6.83. The van der Waals surface area contributed by atoms with Crippen LogP contribution in [-0.4, -0.2) is 41.5 Å². The first kappa shape index (κ1) is 21.3. The number of hydrogen-bond donors (Lipinski definition) is 1. The second-order valence-corrected chi connectivity index (χ2v) is 8.86. The first-order chi connectivity index (χ1) is 15.1. The molecule has 2 amide bonds. The summed E-state index contributed by atoms with van der Waals surface area (Å²) in [6, 6.07) is 9.58. The number of anilines is 1. The van der Waals surface area contributed by atoms with E-state index in [-0.39, 0.29) is 18.2 Å². The molecule has 0 aliphatic carbocycles. The molecule has 9 heteroatoms. The van der Waals surface area contributed by atoms with Crippen LogP contribution in [0.5, 0.6) is 11.5 Å². The van der Waals surface area contributed by atoms with E-state index in [0.29, 0.717) is 49.3 Å². The van der Waals surface area contributed by atoms with Crippen LogP contribution in [0.4, 0.5) is 5.13 Å². The van der Waals surface area contributed by atoms with E-state index in [1.807, 2.05) is 48.0 Å². The van der Waals surface area contributed by atoms with Gasteiger partial charge in [0.1, 0.15) is 13.2 Å². The lowest BCUT2D eigenvalue weighted by Crippen LogP contribution is -2.32. The average molecular weight is 458 g/mol. The molecule has 1 aliphatic heterocycles. The smallest absolute Gasteiger partial charge is 0.231 e. The fourth-order valence-corrected chi connectivity index (χ4v) is 4.72. The number of nitrogens with one attached hydrogen (secondary N) is 1. The van der Waals surface area contributed by atoms with Crippen molar-refractivity contribution >= 4 is 39.6 Å². The van der Waals surface area contributed by atoms with Crippen LogP contribution in [0.2, 0.25) is 0 Å². The number of aromatic nitrogens is 1. The van der Waals surface area contributed by atoms with Crippen LogP contribution in [0.3, 0.4) is 0 Å². The van der Waals surface area contributed by atoms with Gasteiger partial charge in [-0.25, -0.2) is 4.98 Å². The maximum atomic E-state index is 12.9. The van der Waals surface area contributed by atoms with Gasteiger partial charge >= 0.3 is 0 Å². The average Bonchev–Trinajstić information content (AvgIpc) is 3.44. The predicted molar refractivity (Wildman–Crippen MR) is 121 cm³/mol. The SMILES string of the molecule is CCN(Cc1cccc2c1OCCO2)C(=O)Cc1csc(NC(=O)Cc2cccs2)n1. The molecule has 0 fully saturated rings. The van der Waals surface area contributed by atoms with Gasteiger partial charge in [-0.05, 0) is 24.4 Å². The molecule has 31 heavy (non-hydrogen) atoms. The molecule has 0 bridgehead atoms. The third-order valence-corrected chi connectivity index (χ3v) is 6.47. The minimum absolute atomic E-state index is 0.0291. The Labute approximate surface area is 188 Å². The summed E-state index contributed by atoms with van der Waals surface area (Å²) in [6.45, 7) is 3.99. The maximum absolute atomic E-state index is 12.9. The normalized spacial score (nSPS) is 12.4. The van der Waals surface area contributed by atoms with Gasteiger partial charge in [-0.2, -0.15) is 0 Å². The number of thiophene rings is 1. The number of carbonyl (C=O) groups excluding carboxylic acids is 2. The van der Waals surface area contributed by atoms with Crippen molar-refractivity contribution in [3.05, 3.63) is 57.2 Å². The molecule has 7 nitrogen and oxygen atoms in total. The van der Waals surface area contributed by atoms with Gasteiger partial charge in [0.05, 0.1) is 18.5 Å². The van der Waals surface area contributed by atoms with E-state index in [0.717, 1.165) is 16.2 Å². The molecule has 3 heterocycles. The minimum atomic E-state index is -0.110. The van der Waals surface area contributed by atoms with Crippen molar-refractivity contribution in [1.29, 1.82) is 0 Å². The Morgan fingerprint density at radius 2 is 2.00 bits per heavy atom. The molecule has 2 aromatic heterocycles. The first-order valence-corrected chi connectivity index (χ1v) is 11.8. The van der Waals surface area contributed by atoms with Crippen LogP contribution in [0.1, 0.15) is 23.1 Å². The molecule has 0 saturated carbocycles. The topological polar surface area (TPSA) is 80.8 Å². The van der Waals surface area contributed by atoms with Gasteiger partial charge < -0.3 is 19.7 Å². The third-order valence-electron chi connectivity index (χ3n) is 4.79. The highest BCUT2D eigenvalue weighted by Gasteiger charge is 2.20. The number of para-hydroxylation sites is 1.